The van der Waals surface area contributed by atoms with Crippen LogP contribution in [0.4, 0.5) is 0 Å². The van der Waals surface area contributed by atoms with Gasteiger partial charge in [-0.2, -0.15) is 0 Å². The molecule has 2 aliphatic rings. The highest BCUT2D eigenvalue weighted by Gasteiger charge is 2.28. The first-order valence-corrected chi connectivity index (χ1v) is 8.60. The zero-order valence-corrected chi connectivity index (χ0v) is 12.5. The molecule has 0 N–H and O–H groups in total. The van der Waals surface area contributed by atoms with Crippen LogP contribution in [0.3, 0.4) is 0 Å². The molecule has 106 valence electrons. The first kappa shape index (κ1) is 12.5. The van der Waals surface area contributed by atoms with E-state index in [4.69, 9.17) is 0 Å². The smallest absolute Gasteiger partial charge is 0.270 e. The lowest BCUT2D eigenvalue weighted by Gasteiger charge is -2.20. The number of rotatable bonds is 2. The molecule has 1 saturated carbocycles. The molecule has 20 heavy (non-hydrogen) atoms. The van der Waals surface area contributed by atoms with Gasteiger partial charge in [0.15, 0.2) is 0 Å². The zero-order chi connectivity index (χ0) is 13.5. The van der Waals surface area contributed by atoms with E-state index in [1.54, 1.807) is 11.3 Å². The maximum Gasteiger partial charge on any atom is 0.270 e. The second-order valence-corrected chi connectivity index (χ2v) is 6.95. The summed E-state index contributed by atoms with van der Waals surface area (Å²) in [7, 11) is 0. The molecule has 4 rings (SSSR count). The van der Waals surface area contributed by atoms with Crippen molar-refractivity contribution in [3.8, 4) is 0 Å². The third-order valence-electron chi connectivity index (χ3n) is 4.76. The van der Waals surface area contributed by atoms with Gasteiger partial charge in [0.2, 0.25) is 0 Å². The van der Waals surface area contributed by atoms with Crippen molar-refractivity contribution in [3.05, 3.63) is 23.2 Å². The molecule has 0 radical (unpaired) electrons. The monoisotopic (exact) mass is 288 g/mol. The Morgan fingerprint density at radius 1 is 1.15 bits per heavy atom. The van der Waals surface area contributed by atoms with Gasteiger partial charge >= 0.3 is 0 Å². The quantitative estimate of drug-likeness (QED) is 0.818. The summed E-state index contributed by atoms with van der Waals surface area (Å²) >= 11 is 1.75. The molecular formula is C16H20N2OS. The Bertz CT molecular complexity index is 630. The molecule has 2 aromatic heterocycles. The predicted octanol–water partition coefficient (Wildman–Crippen LogP) is 4.05. The Labute approximate surface area is 123 Å². The molecule has 0 spiro atoms. The van der Waals surface area contributed by atoms with E-state index in [2.05, 4.69) is 22.1 Å². The Balaban J connectivity index is 1.78. The molecule has 1 aliphatic carbocycles. The Morgan fingerprint density at radius 2 is 1.90 bits per heavy atom. The van der Waals surface area contributed by atoms with Crippen LogP contribution in [0.5, 0.6) is 0 Å². The molecule has 1 amide bonds. The summed E-state index contributed by atoms with van der Waals surface area (Å²) in [6.45, 7) is 1.87. The van der Waals surface area contributed by atoms with Crippen molar-refractivity contribution >= 4 is 27.5 Å². The van der Waals surface area contributed by atoms with Gasteiger partial charge < -0.3 is 9.47 Å². The van der Waals surface area contributed by atoms with Gasteiger partial charge in [-0.05, 0) is 43.2 Å². The minimum Gasteiger partial charge on any atom is -0.337 e. The normalized spacial score (nSPS) is 20.3. The highest BCUT2D eigenvalue weighted by Crippen LogP contribution is 2.37. The number of fused-ring (bicyclic) bond motifs is 1. The van der Waals surface area contributed by atoms with Crippen molar-refractivity contribution in [3.63, 3.8) is 0 Å². The van der Waals surface area contributed by atoms with Crippen molar-refractivity contribution in [2.24, 2.45) is 0 Å². The lowest BCUT2D eigenvalue weighted by molar-refractivity contribution is 0.0780. The molecule has 0 aromatic carbocycles. The lowest BCUT2D eigenvalue weighted by Crippen LogP contribution is -2.30. The van der Waals surface area contributed by atoms with Crippen molar-refractivity contribution in [2.45, 2.75) is 44.6 Å². The number of aromatic nitrogens is 1. The number of carbonyl (C=O) groups excluding carboxylic acids is 1. The van der Waals surface area contributed by atoms with E-state index < -0.39 is 0 Å². The summed E-state index contributed by atoms with van der Waals surface area (Å²) in [5, 5.41) is 2.14. The van der Waals surface area contributed by atoms with Crippen molar-refractivity contribution in [2.75, 3.05) is 13.1 Å². The maximum atomic E-state index is 12.8. The van der Waals surface area contributed by atoms with Crippen LogP contribution in [0.2, 0.25) is 0 Å². The van der Waals surface area contributed by atoms with Crippen molar-refractivity contribution < 1.29 is 4.79 Å². The van der Waals surface area contributed by atoms with Crippen LogP contribution in [0.1, 0.15) is 55.1 Å². The second-order valence-electron chi connectivity index (χ2n) is 6.01. The first-order chi connectivity index (χ1) is 9.84. The summed E-state index contributed by atoms with van der Waals surface area (Å²) in [6.07, 6.45) is 7.35. The van der Waals surface area contributed by atoms with Gasteiger partial charge in [-0.1, -0.05) is 12.8 Å². The van der Waals surface area contributed by atoms with Gasteiger partial charge in [-0.15, -0.1) is 11.3 Å². The number of hydrogen-bond donors (Lipinski definition) is 0. The number of carbonyl (C=O) groups is 1. The lowest BCUT2D eigenvalue weighted by atomic mass is 10.2. The van der Waals surface area contributed by atoms with E-state index >= 15 is 0 Å². The second kappa shape index (κ2) is 4.92. The van der Waals surface area contributed by atoms with E-state index in [0.29, 0.717) is 6.04 Å². The molecule has 4 heteroatoms. The van der Waals surface area contributed by atoms with E-state index in [1.807, 2.05) is 4.90 Å². The number of thiophene rings is 1. The molecule has 0 unspecified atom stereocenters. The molecule has 2 aromatic rings. The molecule has 1 saturated heterocycles. The summed E-state index contributed by atoms with van der Waals surface area (Å²) in [5.74, 6) is 0.248. The van der Waals surface area contributed by atoms with Crippen molar-refractivity contribution in [1.82, 2.24) is 9.47 Å². The summed E-state index contributed by atoms with van der Waals surface area (Å²) in [5.41, 5.74) is 2.20. The maximum absolute atomic E-state index is 12.8. The Morgan fingerprint density at radius 3 is 2.65 bits per heavy atom. The fourth-order valence-corrected chi connectivity index (χ4v) is 4.56. The van der Waals surface area contributed by atoms with Gasteiger partial charge in [0.25, 0.3) is 5.91 Å². The Kier molecular flexibility index (Phi) is 3.06. The molecule has 3 heterocycles. The van der Waals surface area contributed by atoms with Gasteiger partial charge in [0.1, 0.15) is 5.69 Å². The minimum absolute atomic E-state index is 0.248. The fourth-order valence-electron chi connectivity index (χ4n) is 3.75. The highest BCUT2D eigenvalue weighted by molar-refractivity contribution is 7.17. The number of hydrogen-bond acceptors (Lipinski definition) is 2. The largest absolute Gasteiger partial charge is 0.337 e. The van der Waals surface area contributed by atoms with Crippen LogP contribution in [0.25, 0.3) is 10.2 Å². The van der Waals surface area contributed by atoms with E-state index in [1.165, 1.54) is 35.9 Å². The summed E-state index contributed by atoms with van der Waals surface area (Å²) in [4.78, 5) is 14.8. The molecule has 2 fully saturated rings. The average Bonchev–Trinajstić information content (AvgIpc) is 3.20. The van der Waals surface area contributed by atoms with Gasteiger partial charge in [-0.25, -0.2) is 0 Å². The number of nitrogens with zero attached hydrogens (tertiary/aromatic N) is 2. The first-order valence-electron chi connectivity index (χ1n) is 7.72. The van der Waals surface area contributed by atoms with Gasteiger partial charge in [0, 0.05) is 19.1 Å². The van der Waals surface area contributed by atoms with Crippen LogP contribution < -0.4 is 0 Å². The van der Waals surface area contributed by atoms with Crippen LogP contribution in [0.15, 0.2) is 17.5 Å². The topological polar surface area (TPSA) is 25.2 Å². The Hall–Kier alpha value is -1.29. The van der Waals surface area contributed by atoms with Crippen LogP contribution in [-0.2, 0) is 0 Å². The van der Waals surface area contributed by atoms with Gasteiger partial charge in [-0.3, -0.25) is 4.79 Å². The van der Waals surface area contributed by atoms with Crippen LogP contribution in [-0.4, -0.2) is 28.5 Å². The van der Waals surface area contributed by atoms with E-state index in [0.717, 1.165) is 31.6 Å². The number of likely N-dealkylation sites (tertiary alicyclic amines) is 1. The van der Waals surface area contributed by atoms with Crippen LogP contribution in [0, 0.1) is 0 Å². The standard InChI is InChI=1S/C16H20N2OS/c19-16(17-8-3-4-9-17)14-11-15-13(7-10-20-15)18(14)12-5-1-2-6-12/h7,10-12H,1-6,8-9H2. The molecule has 3 nitrogen and oxygen atoms in total. The molecule has 0 bridgehead atoms. The average molecular weight is 288 g/mol. The zero-order valence-electron chi connectivity index (χ0n) is 11.7. The minimum atomic E-state index is 0.248. The highest BCUT2D eigenvalue weighted by atomic mass is 32.1. The van der Waals surface area contributed by atoms with E-state index in [-0.39, 0.29) is 5.91 Å². The molecular weight excluding hydrogens is 268 g/mol. The number of amides is 1. The van der Waals surface area contributed by atoms with E-state index in [9.17, 15) is 4.79 Å². The third kappa shape index (κ3) is 1.89. The summed E-state index contributed by atoms with van der Waals surface area (Å²) in [6, 6.07) is 4.83. The molecule has 0 atom stereocenters. The predicted molar refractivity (Wildman–Crippen MR) is 82.5 cm³/mol. The summed E-state index contributed by atoms with van der Waals surface area (Å²) < 4.78 is 3.61. The molecule has 1 aliphatic heterocycles. The van der Waals surface area contributed by atoms with Gasteiger partial charge in [0.05, 0.1) is 10.2 Å². The fraction of sp³-hybridized carbons (Fsp3) is 0.562. The SMILES string of the molecule is O=C(c1cc2sccc2n1C1CCCC1)N1CCCC1. The van der Waals surface area contributed by atoms with Crippen molar-refractivity contribution in [1.29, 1.82) is 0 Å². The third-order valence-corrected chi connectivity index (χ3v) is 5.62. The van der Waals surface area contributed by atoms with Crippen LogP contribution >= 0.6 is 11.3 Å².